The Morgan fingerprint density at radius 1 is 0.750 bits per heavy atom. The van der Waals surface area contributed by atoms with E-state index in [2.05, 4.69) is 22.9 Å². The van der Waals surface area contributed by atoms with Crippen molar-refractivity contribution in [2.45, 2.75) is 82.2 Å². The first-order chi connectivity index (χ1) is 9.50. The molecule has 1 fully saturated rings. The fourth-order valence-electron chi connectivity index (χ4n) is 1.95. The van der Waals surface area contributed by atoms with Gasteiger partial charge in [0.05, 0.1) is 0 Å². The van der Waals surface area contributed by atoms with E-state index in [1.807, 2.05) is 26.0 Å². The second-order valence-electron chi connectivity index (χ2n) is 6.10. The Labute approximate surface area is 134 Å². The highest BCUT2D eigenvalue weighted by Gasteiger charge is 2.45. The molecule has 0 amide bonds. The van der Waals surface area contributed by atoms with Crippen LogP contribution in [-0.4, -0.2) is 30.7 Å². The molecule has 0 aromatic heterocycles. The summed E-state index contributed by atoms with van der Waals surface area (Å²) in [6.45, 7) is 2.27. The standard InChI is InChI=1S/C13H25BrO2.C3H9N/c1-2-3-4-5-6-7-8-9-10-11-12-13(14)15-16-13;1-4(2)3/h2-12H2,1H3;1-3H3. The number of hydrogen-bond donors (Lipinski definition) is 0. The van der Waals surface area contributed by atoms with Crippen LogP contribution in [0.5, 0.6) is 0 Å². The maximum atomic E-state index is 4.80. The third-order valence-electron chi connectivity index (χ3n) is 3.09. The van der Waals surface area contributed by atoms with Crippen LogP contribution >= 0.6 is 15.9 Å². The van der Waals surface area contributed by atoms with Gasteiger partial charge in [-0.1, -0.05) is 64.7 Å². The van der Waals surface area contributed by atoms with Crippen molar-refractivity contribution >= 4 is 15.9 Å². The molecule has 0 N–H and O–H groups in total. The molecule has 0 aliphatic carbocycles. The lowest BCUT2D eigenvalue weighted by Gasteiger charge is -2.02. The van der Waals surface area contributed by atoms with E-state index in [9.17, 15) is 0 Å². The van der Waals surface area contributed by atoms with E-state index in [-0.39, 0.29) is 0 Å². The van der Waals surface area contributed by atoms with Gasteiger partial charge in [0.25, 0.3) is 4.70 Å². The fourth-order valence-corrected chi connectivity index (χ4v) is 2.30. The largest absolute Gasteiger partial charge is 0.312 e. The second kappa shape index (κ2) is 13.1. The van der Waals surface area contributed by atoms with Crippen LogP contribution in [0.2, 0.25) is 0 Å². The third kappa shape index (κ3) is 16.4. The van der Waals surface area contributed by atoms with Gasteiger partial charge in [0, 0.05) is 6.42 Å². The first-order valence-electron chi connectivity index (χ1n) is 8.17. The molecule has 0 radical (unpaired) electrons. The second-order valence-corrected chi connectivity index (χ2v) is 7.31. The molecular weight excluding hydrogens is 318 g/mol. The summed E-state index contributed by atoms with van der Waals surface area (Å²) in [4.78, 5) is 11.6. The van der Waals surface area contributed by atoms with E-state index in [1.54, 1.807) is 0 Å². The van der Waals surface area contributed by atoms with Crippen molar-refractivity contribution in [3.05, 3.63) is 0 Å². The number of unbranched alkanes of at least 4 members (excludes halogenated alkanes) is 9. The SMILES string of the molecule is CCCCCCCCCCCCC1(Br)OO1.CN(C)C. The highest BCUT2D eigenvalue weighted by Crippen LogP contribution is 2.41. The normalized spacial score (nSPS) is 15.9. The molecule has 0 bridgehead atoms. The molecule has 122 valence electrons. The van der Waals surface area contributed by atoms with E-state index < -0.39 is 4.70 Å². The average Bonchev–Trinajstić information content (AvgIpc) is 3.09. The van der Waals surface area contributed by atoms with Crippen LogP contribution in [-0.2, 0) is 9.78 Å². The minimum atomic E-state index is -0.396. The summed E-state index contributed by atoms with van der Waals surface area (Å²) in [5.74, 6) is 0. The van der Waals surface area contributed by atoms with E-state index in [4.69, 9.17) is 9.78 Å². The molecule has 0 spiro atoms. The maximum Gasteiger partial charge on any atom is 0.287 e. The highest BCUT2D eigenvalue weighted by molar-refractivity contribution is 9.10. The minimum Gasteiger partial charge on any atom is -0.312 e. The number of hydrogen-bond acceptors (Lipinski definition) is 3. The van der Waals surface area contributed by atoms with Gasteiger partial charge in [-0.3, -0.25) is 0 Å². The van der Waals surface area contributed by atoms with E-state index in [1.165, 1.54) is 64.2 Å². The Morgan fingerprint density at radius 3 is 1.45 bits per heavy atom. The van der Waals surface area contributed by atoms with Crippen molar-refractivity contribution in [1.29, 1.82) is 0 Å². The lowest BCUT2D eigenvalue weighted by atomic mass is 10.1. The van der Waals surface area contributed by atoms with Gasteiger partial charge < -0.3 is 4.90 Å². The van der Waals surface area contributed by atoms with Crippen molar-refractivity contribution in [1.82, 2.24) is 4.90 Å². The van der Waals surface area contributed by atoms with Gasteiger partial charge in [-0.2, -0.15) is 9.78 Å². The molecule has 3 nitrogen and oxygen atoms in total. The molecule has 0 saturated carbocycles. The predicted molar refractivity (Wildman–Crippen MR) is 89.9 cm³/mol. The van der Waals surface area contributed by atoms with Crippen molar-refractivity contribution in [3.8, 4) is 0 Å². The number of alkyl halides is 1. The summed E-state index contributed by atoms with van der Waals surface area (Å²) >= 11 is 3.36. The Hall–Kier alpha value is 0.360. The molecule has 0 aromatic rings. The van der Waals surface area contributed by atoms with Gasteiger partial charge in [0.2, 0.25) is 0 Å². The zero-order valence-corrected chi connectivity index (χ0v) is 15.5. The van der Waals surface area contributed by atoms with E-state index >= 15 is 0 Å². The van der Waals surface area contributed by atoms with E-state index in [0.717, 1.165) is 6.42 Å². The summed E-state index contributed by atoms with van der Waals surface area (Å²) in [5.41, 5.74) is 0. The molecule has 0 unspecified atom stereocenters. The molecule has 1 heterocycles. The summed E-state index contributed by atoms with van der Waals surface area (Å²) in [6.07, 6.45) is 14.7. The zero-order chi connectivity index (χ0) is 15.3. The van der Waals surface area contributed by atoms with Crippen molar-refractivity contribution in [3.63, 3.8) is 0 Å². The van der Waals surface area contributed by atoms with Gasteiger partial charge in [-0.15, -0.1) is 0 Å². The van der Waals surface area contributed by atoms with Crippen LogP contribution in [0, 0.1) is 0 Å². The predicted octanol–water partition coefficient (Wildman–Crippen LogP) is 5.49. The number of rotatable bonds is 11. The topological polar surface area (TPSA) is 28.3 Å². The molecule has 20 heavy (non-hydrogen) atoms. The fraction of sp³-hybridized carbons (Fsp3) is 1.00. The highest BCUT2D eigenvalue weighted by atomic mass is 79.9. The third-order valence-corrected chi connectivity index (χ3v) is 3.75. The summed E-state index contributed by atoms with van der Waals surface area (Å²) < 4.78 is -0.396. The smallest absolute Gasteiger partial charge is 0.287 e. The molecule has 1 saturated heterocycles. The Balaban J connectivity index is 0.000000796. The van der Waals surface area contributed by atoms with Crippen LogP contribution in [0.1, 0.15) is 77.6 Å². The lowest BCUT2D eigenvalue weighted by Crippen LogP contribution is -1.99. The van der Waals surface area contributed by atoms with Crippen LogP contribution in [0.3, 0.4) is 0 Å². The van der Waals surface area contributed by atoms with E-state index in [0.29, 0.717) is 0 Å². The van der Waals surface area contributed by atoms with Crippen molar-refractivity contribution in [2.24, 2.45) is 0 Å². The molecule has 4 heteroatoms. The Kier molecular flexibility index (Phi) is 13.3. The van der Waals surface area contributed by atoms with Crippen LogP contribution in [0.25, 0.3) is 0 Å². The molecule has 1 aliphatic heterocycles. The first-order valence-corrected chi connectivity index (χ1v) is 8.96. The van der Waals surface area contributed by atoms with Gasteiger partial charge in [0.1, 0.15) is 0 Å². The average molecular weight is 352 g/mol. The van der Waals surface area contributed by atoms with Gasteiger partial charge in [-0.25, -0.2) is 0 Å². The molecular formula is C16H34BrNO2. The summed E-state index contributed by atoms with van der Waals surface area (Å²) in [5, 5.41) is 0. The Morgan fingerprint density at radius 2 is 1.10 bits per heavy atom. The monoisotopic (exact) mass is 351 g/mol. The molecule has 1 aliphatic rings. The minimum absolute atomic E-state index is 0.396. The van der Waals surface area contributed by atoms with Gasteiger partial charge >= 0.3 is 0 Å². The Bertz CT molecular complexity index is 206. The zero-order valence-electron chi connectivity index (χ0n) is 13.9. The number of nitrogens with zero attached hydrogens (tertiary/aromatic N) is 1. The van der Waals surface area contributed by atoms with Crippen LogP contribution in [0.4, 0.5) is 0 Å². The van der Waals surface area contributed by atoms with Gasteiger partial charge in [-0.05, 0) is 43.5 Å². The van der Waals surface area contributed by atoms with Crippen molar-refractivity contribution in [2.75, 3.05) is 21.1 Å². The first kappa shape index (κ1) is 20.4. The number of halogens is 1. The molecule has 1 rings (SSSR count). The van der Waals surface area contributed by atoms with Crippen LogP contribution < -0.4 is 0 Å². The molecule has 0 aromatic carbocycles. The van der Waals surface area contributed by atoms with Gasteiger partial charge in [0.15, 0.2) is 0 Å². The van der Waals surface area contributed by atoms with Crippen LogP contribution in [0.15, 0.2) is 0 Å². The quantitative estimate of drug-likeness (QED) is 0.213. The maximum absolute atomic E-state index is 4.80. The molecule has 0 atom stereocenters. The lowest BCUT2D eigenvalue weighted by molar-refractivity contribution is 0.0850. The summed E-state index contributed by atoms with van der Waals surface area (Å²) in [6, 6.07) is 0. The summed E-state index contributed by atoms with van der Waals surface area (Å²) in [7, 11) is 6.00. The van der Waals surface area contributed by atoms with Crippen molar-refractivity contribution < 1.29 is 9.78 Å².